The lowest BCUT2D eigenvalue weighted by Gasteiger charge is -1.91. The Hall–Kier alpha value is -1.15. The largest absolute Gasteiger partial charge is 0.381 e. The van der Waals surface area contributed by atoms with Gasteiger partial charge in [0.15, 0.2) is 0 Å². The molecule has 0 N–H and O–H groups in total. The van der Waals surface area contributed by atoms with E-state index in [2.05, 4.69) is 30.1 Å². The van der Waals surface area contributed by atoms with Crippen molar-refractivity contribution in [1.29, 1.82) is 0 Å². The van der Waals surface area contributed by atoms with Crippen molar-refractivity contribution in [2.24, 2.45) is 4.99 Å². The SMILES string of the molecule is C1CCOC1.CC.CC1=Nc2ccccc2C1. The van der Waals surface area contributed by atoms with Gasteiger partial charge in [-0.1, -0.05) is 32.0 Å². The predicted molar refractivity (Wildman–Crippen MR) is 74.3 cm³/mol. The van der Waals surface area contributed by atoms with Crippen molar-refractivity contribution >= 4 is 11.4 Å². The molecule has 0 amide bonds. The van der Waals surface area contributed by atoms with E-state index in [1.807, 2.05) is 19.9 Å². The van der Waals surface area contributed by atoms with E-state index in [-0.39, 0.29) is 0 Å². The lowest BCUT2D eigenvalue weighted by atomic mass is 10.1. The summed E-state index contributed by atoms with van der Waals surface area (Å²) in [6, 6.07) is 8.29. The summed E-state index contributed by atoms with van der Waals surface area (Å²) in [5, 5.41) is 0. The molecule has 2 nitrogen and oxygen atoms in total. The molecule has 1 saturated heterocycles. The fourth-order valence-electron chi connectivity index (χ4n) is 1.80. The van der Waals surface area contributed by atoms with Crippen LogP contribution < -0.4 is 0 Å². The smallest absolute Gasteiger partial charge is 0.0664 e. The molecule has 0 saturated carbocycles. The molecular weight excluding hydrogens is 210 g/mol. The Labute approximate surface area is 105 Å². The van der Waals surface area contributed by atoms with Gasteiger partial charge in [-0.25, -0.2) is 0 Å². The fourth-order valence-corrected chi connectivity index (χ4v) is 1.80. The molecule has 2 heterocycles. The first-order valence-corrected chi connectivity index (χ1v) is 6.56. The van der Waals surface area contributed by atoms with E-state index < -0.39 is 0 Å². The molecule has 2 aliphatic rings. The van der Waals surface area contributed by atoms with Crippen molar-refractivity contribution in [2.45, 2.75) is 40.0 Å². The normalized spacial score (nSPS) is 16.1. The average molecular weight is 233 g/mol. The van der Waals surface area contributed by atoms with Crippen molar-refractivity contribution < 1.29 is 4.74 Å². The van der Waals surface area contributed by atoms with E-state index >= 15 is 0 Å². The molecule has 1 fully saturated rings. The topological polar surface area (TPSA) is 21.6 Å². The van der Waals surface area contributed by atoms with Crippen molar-refractivity contribution in [3.63, 3.8) is 0 Å². The number of fused-ring (bicyclic) bond motifs is 1. The third-order valence-corrected chi connectivity index (χ3v) is 2.58. The molecule has 2 heteroatoms. The molecule has 1 aromatic carbocycles. The zero-order chi connectivity index (χ0) is 12.5. The molecule has 1 aromatic rings. The molecule has 17 heavy (non-hydrogen) atoms. The Bertz CT molecular complexity index is 346. The molecule has 0 aromatic heterocycles. The summed E-state index contributed by atoms with van der Waals surface area (Å²) in [4.78, 5) is 4.37. The molecule has 0 atom stereocenters. The van der Waals surface area contributed by atoms with Crippen LogP contribution in [0.5, 0.6) is 0 Å². The van der Waals surface area contributed by atoms with Gasteiger partial charge >= 0.3 is 0 Å². The van der Waals surface area contributed by atoms with Gasteiger partial charge in [0.2, 0.25) is 0 Å². The Kier molecular flexibility index (Phi) is 6.56. The number of hydrogen-bond acceptors (Lipinski definition) is 2. The number of nitrogens with zero attached hydrogens (tertiary/aromatic N) is 1. The van der Waals surface area contributed by atoms with E-state index in [1.165, 1.54) is 24.1 Å². The maximum Gasteiger partial charge on any atom is 0.0664 e. The first-order valence-electron chi connectivity index (χ1n) is 6.56. The standard InChI is InChI=1S/C9H9N.C4H8O.C2H6/c1-7-6-8-4-2-3-5-9(8)10-7;1-2-4-5-3-1;1-2/h2-5H,6H2,1H3;1-4H2;1-2H3. The summed E-state index contributed by atoms with van der Waals surface area (Å²) in [6.07, 6.45) is 3.59. The number of rotatable bonds is 0. The minimum Gasteiger partial charge on any atom is -0.381 e. The minimum absolute atomic E-state index is 1.00. The van der Waals surface area contributed by atoms with Gasteiger partial charge < -0.3 is 4.74 Å². The molecule has 0 radical (unpaired) electrons. The highest BCUT2D eigenvalue weighted by molar-refractivity contribution is 5.91. The van der Waals surface area contributed by atoms with Crippen molar-refractivity contribution in [3.8, 4) is 0 Å². The van der Waals surface area contributed by atoms with Crippen LogP contribution in [-0.2, 0) is 11.2 Å². The van der Waals surface area contributed by atoms with Crippen LogP contribution in [0.2, 0.25) is 0 Å². The highest BCUT2D eigenvalue weighted by atomic mass is 16.5. The van der Waals surface area contributed by atoms with Crippen LogP contribution in [0.25, 0.3) is 0 Å². The first-order chi connectivity index (χ1) is 8.36. The lowest BCUT2D eigenvalue weighted by Crippen LogP contribution is -1.87. The van der Waals surface area contributed by atoms with Crippen LogP contribution >= 0.6 is 0 Å². The number of ether oxygens (including phenoxy) is 1. The zero-order valence-electron chi connectivity index (χ0n) is 11.2. The summed E-state index contributed by atoms with van der Waals surface area (Å²) in [5.74, 6) is 0. The summed E-state index contributed by atoms with van der Waals surface area (Å²) < 4.78 is 4.94. The van der Waals surface area contributed by atoms with Gasteiger partial charge in [-0.2, -0.15) is 0 Å². The number of para-hydroxylation sites is 1. The van der Waals surface area contributed by atoms with Crippen LogP contribution in [-0.4, -0.2) is 18.9 Å². The highest BCUT2D eigenvalue weighted by Crippen LogP contribution is 2.25. The van der Waals surface area contributed by atoms with Gasteiger partial charge in [-0.3, -0.25) is 4.99 Å². The third-order valence-electron chi connectivity index (χ3n) is 2.58. The van der Waals surface area contributed by atoms with Gasteiger partial charge in [-0.05, 0) is 31.4 Å². The van der Waals surface area contributed by atoms with Gasteiger partial charge in [0.25, 0.3) is 0 Å². The first kappa shape index (κ1) is 13.9. The van der Waals surface area contributed by atoms with Crippen molar-refractivity contribution in [3.05, 3.63) is 29.8 Å². The molecular formula is C15H23NO. The van der Waals surface area contributed by atoms with Crippen LogP contribution in [0.15, 0.2) is 29.3 Å². The Morgan fingerprint density at radius 3 is 2.24 bits per heavy atom. The molecule has 94 valence electrons. The van der Waals surface area contributed by atoms with Crippen LogP contribution in [0, 0.1) is 0 Å². The Morgan fingerprint density at radius 1 is 1.06 bits per heavy atom. The number of benzene rings is 1. The van der Waals surface area contributed by atoms with Gasteiger partial charge in [0, 0.05) is 25.3 Å². The minimum atomic E-state index is 1.00. The van der Waals surface area contributed by atoms with Crippen LogP contribution in [0.3, 0.4) is 0 Å². The lowest BCUT2D eigenvalue weighted by molar-refractivity contribution is 0.198. The maximum absolute atomic E-state index is 4.94. The molecule has 3 rings (SSSR count). The highest BCUT2D eigenvalue weighted by Gasteiger charge is 2.08. The fraction of sp³-hybridized carbons (Fsp3) is 0.533. The monoisotopic (exact) mass is 233 g/mol. The van der Waals surface area contributed by atoms with E-state index in [0.29, 0.717) is 0 Å². The van der Waals surface area contributed by atoms with Crippen molar-refractivity contribution in [2.75, 3.05) is 13.2 Å². The summed E-state index contributed by atoms with van der Waals surface area (Å²) >= 11 is 0. The predicted octanol–water partition coefficient (Wildman–Crippen LogP) is 4.16. The number of hydrogen-bond donors (Lipinski definition) is 0. The van der Waals surface area contributed by atoms with E-state index in [9.17, 15) is 0 Å². The van der Waals surface area contributed by atoms with Crippen LogP contribution in [0.4, 0.5) is 5.69 Å². The number of aliphatic imine (C=N–C) groups is 1. The summed E-state index contributed by atoms with van der Waals surface area (Å²) in [6.45, 7) is 8.07. The molecule has 0 spiro atoms. The molecule has 2 aliphatic heterocycles. The summed E-state index contributed by atoms with van der Waals surface area (Å²) in [5.41, 5.74) is 3.74. The second-order valence-electron chi connectivity index (χ2n) is 3.97. The Morgan fingerprint density at radius 2 is 1.71 bits per heavy atom. The second kappa shape index (κ2) is 8.02. The van der Waals surface area contributed by atoms with Gasteiger partial charge in [0.05, 0.1) is 5.69 Å². The Balaban J connectivity index is 0.000000175. The zero-order valence-corrected chi connectivity index (χ0v) is 11.2. The third kappa shape index (κ3) is 4.70. The van der Waals surface area contributed by atoms with Gasteiger partial charge in [-0.15, -0.1) is 0 Å². The molecule has 0 aliphatic carbocycles. The van der Waals surface area contributed by atoms with E-state index in [4.69, 9.17) is 4.74 Å². The maximum atomic E-state index is 4.94. The van der Waals surface area contributed by atoms with Crippen molar-refractivity contribution in [1.82, 2.24) is 0 Å². The average Bonchev–Trinajstić information content (AvgIpc) is 3.02. The van der Waals surface area contributed by atoms with Crippen LogP contribution in [0.1, 0.15) is 39.2 Å². The van der Waals surface area contributed by atoms with E-state index in [0.717, 1.165) is 25.3 Å². The van der Waals surface area contributed by atoms with Gasteiger partial charge in [0.1, 0.15) is 0 Å². The molecule has 0 unspecified atom stereocenters. The molecule has 0 bridgehead atoms. The van der Waals surface area contributed by atoms with E-state index in [1.54, 1.807) is 0 Å². The summed E-state index contributed by atoms with van der Waals surface area (Å²) in [7, 11) is 0. The quantitative estimate of drug-likeness (QED) is 0.659. The second-order valence-corrected chi connectivity index (χ2v) is 3.97.